The summed E-state index contributed by atoms with van der Waals surface area (Å²) < 4.78 is 30.1. The predicted molar refractivity (Wildman–Crippen MR) is 120 cm³/mol. The average molecular weight is 467 g/mol. The van der Waals surface area contributed by atoms with Gasteiger partial charge in [0.1, 0.15) is 6.10 Å². The minimum absolute atomic E-state index is 0.00443. The third-order valence-corrected chi connectivity index (χ3v) is 7.92. The fourth-order valence-electron chi connectivity index (χ4n) is 4.38. The summed E-state index contributed by atoms with van der Waals surface area (Å²) >= 11 is 0. The number of hydrazine groups is 1. The third-order valence-electron chi connectivity index (χ3n) is 6.09. The molecular formula is C22H34N4O5S. The first kappa shape index (κ1) is 24.5. The Bertz CT molecular complexity index is 907. The standard InChI is InChI=1S/C22H34N4O5S/c1-3-11-23-22(28)31-17-10-9-15(12-17)18-14-20(26-25-18)24-21(27)13-16-7-5-6-8-19(16)32(29,30)4-2/h5-8,15,17-18,20,25-26H,3-4,9-14H2,1-2H3,(H,23,28)(H,24,27)/t15-,17+,18?,20?/m0/s1. The minimum atomic E-state index is -3.39. The van der Waals surface area contributed by atoms with Crippen molar-refractivity contribution in [1.29, 1.82) is 0 Å². The lowest BCUT2D eigenvalue weighted by molar-refractivity contribution is -0.121. The van der Waals surface area contributed by atoms with Gasteiger partial charge in [-0.1, -0.05) is 32.0 Å². The Kier molecular flexibility index (Phi) is 8.50. The predicted octanol–water partition coefficient (Wildman–Crippen LogP) is 1.64. The van der Waals surface area contributed by atoms with Crippen LogP contribution >= 0.6 is 0 Å². The smallest absolute Gasteiger partial charge is 0.407 e. The second-order valence-electron chi connectivity index (χ2n) is 8.47. The molecule has 1 aliphatic carbocycles. The van der Waals surface area contributed by atoms with Crippen LogP contribution in [0.4, 0.5) is 4.79 Å². The number of hydrogen-bond donors (Lipinski definition) is 4. The normalized spacial score (nSPS) is 25.4. The Balaban J connectivity index is 1.47. The molecule has 1 aliphatic heterocycles. The fraction of sp³-hybridized carbons (Fsp3) is 0.636. The zero-order valence-electron chi connectivity index (χ0n) is 18.7. The summed E-state index contributed by atoms with van der Waals surface area (Å²) in [4.78, 5) is 24.6. The number of nitrogens with one attached hydrogen (secondary N) is 4. The quantitative estimate of drug-likeness (QED) is 0.436. The maximum Gasteiger partial charge on any atom is 0.407 e. The van der Waals surface area contributed by atoms with Gasteiger partial charge < -0.3 is 15.4 Å². The van der Waals surface area contributed by atoms with Crippen molar-refractivity contribution < 1.29 is 22.7 Å². The molecule has 9 nitrogen and oxygen atoms in total. The average Bonchev–Trinajstić information content (AvgIpc) is 3.42. The molecule has 0 radical (unpaired) electrons. The molecular weight excluding hydrogens is 432 g/mol. The lowest BCUT2D eigenvalue weighted by Crippen LogP contribution is -2.45. The van der Waals surface area contributed by atoms with E-state index in [0.717, 1.165) is 25.7 Å². The van der Waals surface area contributed by atoms with E-state index >= 15 is 0 Å². The third kappa shape index (κ3) is 6.43. The van der Waals surface area contributed by atoms with Crippen LogP contribution in [-0.4, -0.2) is 51.0 Å². The molecule has 1 saturated heterocycles. The largest absolute Gasteiger partial charge is 0.446 e. The summed E-state index contributed by atoms with van der Waals surface area (Å²) in [5, 5.41) is 5.68. The van der Waals surface area contributed by atoms with Crippen LogP contribution in [0.5, 0.6) is 0 Å². The van der Waals surface area contributed by atoms with E-state index in [4.69, 9.17) is 4.74 Å². The lowest BCUT2D eigenvalue weighted by atomic mass is 9.96. The molecule has 2 amide bonds. The number of carbonyl (C=O) groups is 2. The highest BCUT2D eigenvalue weighted by molar-refractivity contribution is 7.91. The first-order valence-electron chi connectivity index (χ1n) is 11.4. The summed E-state index contributed by atoms with van der Waals surface area (Å²) in [5.74, 6) is 0.112. The van der Waals surface area contributed by atoms with E-state index in [1.54, 1.807) is 31.2 Å². The van der Waals surface area contributed by atoms with Crippen molar-refractivity contribution in [3.05, 3.63) is 29.8 Å². The number of carbonyl (C=O) groups excluding carboxylic acids is 2. The van der Waals surface area contributed by atoms with Crippen molar-refractivity contribution in [2.45, 2.75) is 75.6 Å². The molecule has 2 unspecified atom stereocenters. The van der Waals surface area contributed by atoms with Crippen LogP contribution in [0.1, 0.15) is 51.5 Å². The van der Waals surface area contributed by atoms with Crippen LogP contribution in [0.2, 0.25) is 0 Å². The van der Waals surface area contributed by atoms with Gasteiger partial charge in [0.15, 0.2) is 9.84 Å². The minimum Gasteiger partial charge on any atom is -0.446 e. The van der Waals surface area contributed by atoms with Crippen molar-refractivity contribution in [3.8, 4) is 0 Å². The van der Waals surface area contributed by atoms with Crippen molar-refractivity contribution in [2.24, 2.45) is 5.92 Å². The van der Waals surface area contributed by atoms with Gasteiger partial charge in [0.2, 0.25) is 5.91 Å². The van der Waals surface area contributed by atoms with E-state index in [9.17, 15) is 18.0 Å². The highest BCUT2D eigenvalue weighted by Gasteiger charge is 2.37. The molecule has 0 aromatic heterocycles. The molecule has 32 heavy (non-hydrogen) atoms. The van der Waals surface area contributed by atoms with E-state index in [1.165, 1.54) is 0 Å². The fourth-order valence-corrected chi connectivity index (χ4v) is 5.51. The van der Waals surface area contributed by atoms with Crippen LogP contribution in [0.3, 0.4) is 0 Å². The molecule has 1 heterocycles. The van der Waals surface area contributed by atoms with Gasteiger partial charge in [0.25, 0.3) is 0 Å². The van der Waals surface area contributed by atoms with Gasteiger partial charge in [-0.25, -0.2) is 18.6 Å². The van der Waals surface area contributed by atoms with Crippen LogP contribution in [0.15, 0.2) is 29.2 Å². The van der Waals surface area contributed by atoms with E-state index in [-0.39, 0.29) is 47.4 Å². The van der Waals surface area contributed by atoms with Gasteiger partial charge >= 0.3 is 6.09 Å². The highest BCUT2D eigenvalue weighted by Crippen LogP contribution is 2.32. The Morgan fingerprint density at radius 2 is 1.91 bits per heavy atom. The molecule has 4 N–H and O–H groups in total. The number of sulfone groups is 1. The van der Waals surface area contributed by atoms with Crippen molar-refractivity contribution in [1.82, 2.24) is 21.5 Å². The summed E-state index contributed by atoms with van der Waals surface area (Å²) in [7, 11) is -3.39. The number of ether oxygens (including phenoxy) is 1. The van der Waals surface area contributed by atoms with E-state index in [2.05, 4.69) is 21.5 Å². The molecule has 3 rings (SSSR count). The number of hydrogen-bond acceptors (Lipinski definition) is 7. The molecule has 4 atom stereocenters. The van der Waals surface area contributed by atoms with Gasteiger partial charge in [-0.2, -0.15) is 0 Å². The van der Waals surface area contributed by atoms with E-state index in [0.29, 0.717) is 24.4 Å². The topological polar surface area (TPSA) is 126 Å². The number of rotatable bonds is 9. The summed E-state index contributed by atoms with van der Waals surface area (Å²) in [6.45, 7) is 4.20. The lowest BCUT2D eigenvalue weighted by Gasteiger charge is -2.18. The van der Waals surface area contributed by atoms with Gasteiger partial charge in [-0.05, 0) is 49.7 Å². The molecule has 1 saturated carbocycles. The van der Waals surface area contributed by atoms with Crippen LogP contribution < -0.4 is 21.5 Å². The number of benzene rings is 1. The van der Waals surface area contributed by atoms with Gasteiger partial charge in [0, 0.05) is 12.6 Å². The molecule has 2 aliphatic rings. The molecule has 10 heteroatoms. The van der Waals surface area contributed by atoms with E-state index in [1.807, 2.05) is 6.92 Å². The van der Waals surface area contributed by atoms with Crippen LogP contribution in [0, 0.1) is 5.92 Å². The highest BCUT2D eigenvalue weighted by atomic mass is 32.2. The van der Waals surface area contributed by atoms with Gasteiger partial charge in [0.05, 0.1) is 23.2 Å². The van der Waals surface area contributed by atoms with Crippen molar-refractivity contribution in [3.63, 3.8) is 0 Å². The maximum atomic E-state index is 12.6. The summed E-state index contributed by atoms with van der Waals surface area (Å²) in [5.41, 5.74) is 6.88. The Hall–Kier alpha value is -2.17. The van der Waals surface area contributed by atoms with Gasteiger partial charge in [-0.3, -0.25) is 10.2 Å². The molecule has 2 fully saturated rings. The SMILES string of the molecule is CCCNC(=O)O[C@@H]1CC[C@H](C2CC(NC(=O)Cc3ccccc3S(=O)(=O)CC)NN2)C1. The Morgan fingerprint density at radius 3 is 2.66 bits per heavy atom. The zero-order valence-corrected chi connectivity index (χ0v) is 19.5. The number of alkyl carbamates (subject to hydrolysis) is 1. The molecule has 0 bridgehead atoms. The van der Waals surface area contributed by atoms with Crippen LogP contribution in [0.25, 0.3) is 0 Å². The summed E-state index contributed by atoms with van der Waals surface area (Å²) in [6.07, 6.45) is 3.49. The Morgan fingerprint density at radius 1 is 1.12 bits per heavy atom. The zero-order chi connectivity index (χ0) is 23.1. The monoisotopic (exact) mass is 466 g/mol. The van der Waals surface area contributed by atoms with Gasteiger partial charge in [-0.15, -0.1) is 0 Å². The molecule has 178 valence electrons. The summed E-state index contributed by atoms with van der Waals surface area (Å²) in [6, 6.07) is 6.81. The molecule has 1 aromatic rings. The van der Waals surface area contributed by atoms with Crippen molar-refractivity contribution in [2.75, 3.05) is 12.3 Å². The Labute approximate surface area is 189 Å². The van der Waals surface area contributed by atoms with Crippen LogP contribution in [-0.2, 0) is 25.8 Å². The maximum absolute atomic E-state index is 12.6. The molecule has 1 aromatic carbocycles. The van der Waals surface area contributed by atoms with E-state index < -0.39 is 9.84 Å². The first-order chi connectivity index (χ1) is 15.3. The second kappa shape index (κ2) is 11.1. The van der Waals surface area contributed by atoms with Crippen molar-refractivity contribution >= 4 is 21.8 Å². The first-order valence-corrected chi connectivity index (χ1v) is 13.0. The number of amides is 2. The second-order valence-corrected chi connectivity index (χ2v) is 10.7. The molecule has 0 spiro atoms.